The van der Waals surface area contributed by atoms with Gasteiger partial charge in [0, 0.05) is 0 Å². The zero-order valence-corrected chi connectivity index (χ0v) is 32.6. The van der Waals surface area contributed by atoms with Gasteiger partial charge in [-0.1, -0.05) is 66.7 Å². The molecular formula is C47H54O4. The van der Waals surface area contributed by atoms with Gasteiger partial charge in [0.2, 0.25) is 0 Å². The fourth-order valence-electron chi connectivity index (χ4n) is 6.71. The molecule has 266 valence electrons. The lowest BCUT2D eigenvalue weighted by atomic mass is 9.82. The summed E-state index contributed by atoms with van der Waals surface area (Å²) in [5, 5.41) is 0. The second-order valence-electron chi connectivity index (χ2n) is 17.6. The zero-order chi connectivity index (χ0) is 36.9. The van der Waals surface area contributed by atoms with Gasteiger partial charge in [0.1, 0.15) is 22.4 Å². The van der Waals surface area contributed by atoms with Gasteiger partial charge < -0.3 is 18.9 Å². The van der Waals surface area contributed by atoms with E-state index < -0.39 is 16.8 Å². The third-order valence-electron chi connectivity index (χ3n) is 8.32. The highest BCUT2D eigenvalue weighted by Crippen LogP contribution is 2.52. The maximum Gasteiger partial charge on any atom is 0.162 e. The summed E-state index contributed by atoms with van der Waals surface area (Å²) in [6.45, 7) is 24.8. The second-order valence-corrected chi connectivity index (χ2v) is 17.6. The van der Waals surface area contributed by atoms with Crippen molar-refractivity contribution < 1.29 is 18.9 Å². The molecule has 0 heterocycles. The van der Waals surface area contributed by atoms with Crippen LogP contribution in [0.3, 0.4) is 0 Å². The van der Waals surface area contributed by atoms with E-state index in [2.05, 4.69) is 180 Å². The van der Waals surface area contributed by atoms with Gasteiger partial charge in [-0.2, -0.15) is 0 Å². The standard InChI is InChI=1S/C47H54O4/c1-44(2,3)48-38-24-22-32(27-40(38)50-46(7,8)9)35-29-36-34-21-17-16-20-31(34)26-37(36)42(30-18-14-13-15-19-30)43(35)33-23-25-39(49-45(4,5)6)41(28-33)51-47(10,11)12/h13-25,27-29H,26H2,1-12H3. The lowest BCUT2D eigenvalue weighted by molar-refractivity contribution is 0.0958. The molecule has 0 spiro atoms. The Morgan fingerprint density at radius 2 is 0.843 bits per heavy atom. The fraction of sp³-hybridized carbons (Fsp3) is 0.362. The molecule has 0 saturated carbocycles. The molecule has 4 nitrogen and oxygen atoms in total. The molecular weight excluding hydrogens is 629 g/mol. The monoisotopic (exact) mass is 682 g/mol. The Hall–Kier alpha value is -4.70. The van der Waals surface area contributed by atoms with E-state index in [9.17, 15) is 0 Å². The van der Waals surface area contributed by atoms with E-state index in [1.54, 1.807) is 0 Å². The minimum atomic E-state index is -0.429. The van der Waals surface area contributed by atoms with E-state index >= 15 is 0 Å². The quantitative estimate of drug-likeness (QED) is 0.168. The molecule has 0 aromatic heterocycles. The Morgan fingerprint density at radius 3 is 1.39 bits per heavy atom. The molecule has 0 atom stereocenters. The molecule has 5 aromatic rings. The number of benzene rings is 5. The van der Waals surface area contributed by atoms with Gasteiger partial charge in [0.25, 0.3) is 0 Å². The van der Waals surface area contributed by atoms with Crippen molar-refractivity contribution in [2.45, 2.75) is 112 Å². The zero-order valence-electron chi connectivity index (χ0n) is 32.6. The number of hydrogen-bond donors (Lipinski definition) is 0. The van der Waals surface area contributed by atoms with E-state index in [-0.39, 0.29) is 5.60 Å². The lowest BCUT2D eigenvalue weighted by Gasteiger charge is -2.29. The topological polar surface area (TPSA) is 36.9 Å². The number of hydrogen-bond acceptors (Lipinski definition) is 4. The van der Waals surface area contributed by atoms with E-state index in [1.165, 1.54) is 33.4 Å². The van der Waals surface area contributed by atoms with Crippen molar-refractivity contribution in [1.29, 1.82) is 0 Å². The Labute approximate surface area is 305 Å². The largest absolute Gasteiger partial charge is 0.484 e. The number of ether oxygens (including phenoxy) is 4. The van der Waals surface area contributed by atoms with Gasteiger partial charge in [-0.25, -0.2) is 0 Å². The van der Waals surface area contributed by atoms with Crippen LogP contribution in [-0.4, -0.2) is 22.4 Å². The van der Waals surface area contributed by atoms with Gasteiger partial charge >= 0.3 is 0 Å². The SMILES string of the molecule is CC(C)(C)Oc1ccc(-c2cc3c(c(-c4ccccc4)c2-c2ccc(OC(C)(C)C)c(OC(C)(C)C)c2)Cc2ccccc2-3)cc1OC(C)(C)C. The molecule has 0 fully saturated rings. The maximum absolute atomic E-state index is 6.65. The third-order valence-corrected chi connectivity index (χ3v) is 8.32. The first kappa shape index (κ1) is 36.1. The molecule has 1 aliphatic rings. The summed E-state index contributed by atoms with van der Waals surface area (Å²) in [6, 6.07) is 34.7. The highest BCUT2D eigenvalue weighted by atomic mass is 16.5. The van der Waals surface area contributed by atoms with Crippen molar-refractivity contribution in [3.8, 4) is 67.5 Å². The molecule has 6 rings (SSSR count). The first-order chi connectivity index (χ1) is 23.7. The molecule has 0 N–H and O–H groups in total. The third kappa shape index (κ3) is 8.44. The van der Waals surface area contributed by atoms with E-state index in [1.807, 2.05) is 0 Å². The first-order valence-corrected chi connectivity index (χ1v) is 18.1. The van der Waals surface area contributed by atoms with Crippen molar-refractivity contribution in [3.05, 3.63) is 108 Å². The average molecular weight is 683 g/mol. The van der Waals surface area contributed by atoms with Crippen LogP contribution in [0, 0.1) is 0 Å². The summed E-state index contributed by atoms with van der Waals surface area (Å²) >= 11 is 0. The summed E-state index contributed by atoms with van der Waals surface area (Å²) in [7, 11) is 0. The Kier molecular flexibility index (Phi) is 9.29. The molecule has 5 aromatic carbocycles. The second kappa shape index (κ2) is 13.1. The summed E-state index contributed by atoms with van der Waals surface area (Å²) in [5.74, 6) is 2.88. The normalized spacial score (nSPS) is 13.0. The first-order valence-electron chi connectivity index (χ1n) is 18.1. The number of rotatable bonds is 7. The van der Waals surface area contributed by atoms with Crippen LogP contribution in [0.5, 0.6) is 23.0 Å². The van der Waals surface area contributed by atoms with Gasteiger partial charge in [-0.15, -0.1) is 0 Å². The smallest absolute Gasteiger partial charge is 0.162 e. The van der Waals surface area contributed by atoms with E-state index in [4.69, 9.17) is 18.9 Å². The van der Waals surface area contributed by atoms with Crippen LogP contribution in [0.15, 0.2) is 97.1 Å². The minimum absolute atomic E-state index is 0.388. The van der Waals surface area contributed by atoms with Gasteiger partial charge in [0.15, 0.2) is 23.0 Å². The van der Waals surface area contributed by atoms with Gasteiger partial charge in [-0.3, -0.25) is 0 Å². The maximum atomic E-state index is 6.65. The average Bonchev–Trinajstić information content (AvgIpc) is 3.38. The predicted molar refractivity (Wildman–Crippen MR) is 213 cm³/mol. The molecule has 0 unspecified atom stereocenters. The van der Waals surface area contributed by atoms with Crippen molar-refractivity contribution in [2.24, 2.45) is 0 Å². The van der Waals surface area contributed by atoms with Crippen LogP contribution in [0.4, 0.5) is 0 Å². The van der Waals surface area contributed by atoms with Crippen molar-refractivity contribution in [3.63, 3.8) is 0 Å². The highest BCUT2D eigenvalue weighted by Gasteiger charge is 2.30. The van der Waals surface area contributed by atoms with E-state index in [0.717, 1.165) is 40.2 Å². The van der Waals surface area contributed by atoms with Crippen LogP contribution >= 0.6 is 0 Å². The van der Waals surface area contributed by atoms with Crippen molar-refractivity contribution >= 4 is 0 Å². The molecule has 0 aliphatic heterocycles. The summed E-state index contributed by atoms with van der Waals surface area (Å²) in [6.07, 6.45) is 0.857. The Balaban J connectivity index is 1.70. The van der Waals surface area contributed by atoms with Crippen LogP contribution in [0.2, 0.25) is 0 Å². The summed E-state index contributed by atoms with van der Waals surface area (Å²) in [4.78, 5) is 0. The van der Waals surface area contributed by atoms with Gasteiger partial charge in [-0.05, 0) is 175 Å². The molecule has 1 aliphatic carbocycles. The lowest BCUT2D eigenvalue weighted by Crippen LogP contribution is -2.26. The summed E-state index contributed by atoms with van der Waals surface area (Å²) < 4.78 is 26.2. The van der Waals surface area contributed by atoms with Crippen LogP contribution < -0.4 is 18.9 Å². The molecule has 51 heavy (non-hydrogen) atoms. The fourth-order valence-corrected chi connectivity index (χ4v) is 6.71. The van der Waals surface area contributed by atoms with Gasteiger partial charge in [0.05, 0.1) is 0 Å². The van der Waals surface area contributed by atoms with E-state index in [0.29, 0.717) is 11.5 Å². The minimum Gasteiger partial charge on any atom is -0.484 e. The van der Waals surface area contributed by atoms with Crippen molar-refractivity contribution in [2.75, 3.05) is 0 Å². The molecule has 0 radical (unpaired) electrons. The number of fused-ring (bicyclic) bond motifs is 3. The van der Waals surface area contributed by atoms with Crippen LogP contribution in [0.1, 0.15) is 94.2 Å². The van der Waals surface area contributed by atoms with Crippen LogP contribution in [-0.2, 0) is 6.42 Å². The Bertz CT molecular complexity index is 2040. The highest BCUT2D eigenvalue weighted by molar-refractivity contribution is 6.02. The van der Waals surface area contributed by atoms with Crippen LogP contribution in [0.25, 0.3) is 44.5 Å². The summed E-state index contributed by atoms with van der Waals surface area (Å²) in [5.41, 5.74) is 10.3. The molecule has 0 bridgehead atoms. The molecule has 0 saturated heterocycles. The molecule has 0 amide bonds. The van der Waals surface area contributed by atoms with Crippen molar-refractivity contribution in [1.82, 2.24) is 0 Å². The Morgan fingerprint density at radius 1 is 0.373 bits per heavy atom. The molecule has 4 heteroatoms. The predicted octanol–water partition coefficient (Wildman–Crippen LogP) is 13.0.